The number of hydrogen-bond acceptors (Lipinski definition) is 9. The van der Waals surface area contributed by atoms with Crippen molar-refractivity contribution < 1.29 is 43.7 Å². The van der Waals surface area contributed by atoms with E-state index in [2.05, 4.69) is 58.3 Å². The maximum absolute atomic E-state index is 14.7. The van der Waals surface area contributed by atoms with Crippen molar-refractivity contribution in [2.45, 2.75) is 172 Å². The van der Waals surface area contributed by atoms with Crippen molar-refractivity contribution in [1.82, 2.24) is 9.80 Å². The van der Waals surface area contributed by atoms with Gasteiger partial charge in [0.1, 0.15) is 12.2 Å². The number of ether oxygens (including phenoxy) is 2. The second-order valence-corrected chi connectivity index (χ2v) is 24.4. The zero-order valence-corrected chi connectivity index (χ0v) is 43.4. The molecule has 0 spiro atoms. The number of carbonyl (C=O) groups excluding carboxylic acids is 3. The van der Waals surface area contributed by atoms with Crippen LogP contribution < -0.4 is 0 Å². The molecule has 0 bridgehead atoms. The smallest absolute Gasteiger partial charge is 0.309 e. The molecule has 1 aromatic carbocycles. The number of ketones is 1. The minimum atomic E-state index is -1.34. The van der Waals surface area contributed by atoms with Crippen LogP contribution in [0.25, 0.3) is 0 Å². The second-order valence-electron chi connectivity index (χ2n) is 24.0. The molecule has 0 aromatic heterocycles. The van der Waals surface area contributed by atoms with Gasteiger partial charge in [-0.3, -0.25) is 28.9 Å². The number of rotatable bonds is 17. The summed E-state index contributed by atoms with van der Waals surface area (Å²) in [7, 11) is 4.07. The molecule has 3 saturated carbocycles. The molecular formula is C54H83ClN2O9. The molecule has 8 atom stereocenters. The molecule has 11 nitrogen and oxygen atoms in total. The molecule has 0 heterocycles. The number of fused-ring (bicyclic) bond motifs is 4. The molecule has 3 fully saturated rings. The summed E-state index contributed by atoms with van der Waals surface area (Å²) in [5, 5.41) is 20.4. The standard InChI is InChI=1S/C54H83ClN2O9/c1-34(2)46-38-15-14-16-41-52(10,24-22-40-51(8,9)42(23-25-53(40,41)11)65-44(59)30-49(4,5)47(61)62)35(3)21-26-54(38,29-39(46)58)43(66-45(60)31-50(6,7)48(63)64)33-57(28-27-56(12)13)32-36-17-19-37(55)20-18-36/h17-20,34-35,40-43H,14-16,21-33H2,1-13H3,(H,61,62)(H,63,64). The Kier molecular flexibility index (Phi) is 16.6. The monoisotopic (exact) mass is 939 g/mol. The van der Waals surface area contributed by atoms with Crippen LogP contribution in [0.1, 0.15) is 159 Å². The van der Waals surface area contributed by atoms with Crippen molar-refractivity contribution in [2.24, 2.45) is 56.2 Å². The Morgan fingerprint density at radius 1 is 0.818 bits per heavy atom. The molecule has 4 aliphatic carbocycles. The zero-order valence-electron chi connectivity index (χ0n) is 42.6. The summed E-state index contributed by atoms with van der Waals surface area (Å²) < 4.78 is 13.0. The predicted molar refractivity (Wildman–Crippen MR) is 259 cm³/mol. The summed E-state index contributed by atoms with van der Waals surface area (Å²) in [5.41, 5.74) is -0.687. The lowest BCUT2D eigenvalue weighted by molar-refractivity contribution is -0.202. The number of nitrogens with zero attached hydrogens (tertiary/aromatic N) is 2. The van der Waals surface area contributed by atoms with E-state index in [0.29, 0.717) is 49.8 Å². The Morgan fingerprint density at radius 3 is 1.98 bits per heavy atom. The average Bonchev–Trinajstić information content (AvgIpc) is 3.49. The number of carbonyl (C=O) groups is 5. The first-order valence-corrected chi connectivity index (χ1v) is 25.1. The lowest BCUT2D eigenvalue weighted by atomic mass is 9.40. The molecule has 370 valence electrons. The zero-order chi connectivity index (χ0) is 49.4. The summed E-state index contributed by atoms with van der Waals surface area (Å²) in [6.07, 6.45) is 6.37. The van der Waals surface area contributed by atoms with E-state index in [1.54, 1.807) is 27.7 Å². The van der Waals surface area contributed by atoms with Gasteiger partial charge in [-0.05, 0) is 157 Å². The fraction of sp³-hybridized carbons (Fsp3) is 0.759. The Hall–Kier alpha value is -3.28. The second kappa shape index (κ2) is 20.4. The van der Waals surface area contributed by atoms with Gasteiger partial charge in [0.25, 0.3) is 0 Å². The highest BCUT2D eigenvalue weighted by Gasteiger charge is 2.63. The Balaban J connectivity index is 1.54. The van der Waals surface area contributed by atoms with Crippen molar-refractivity contribution in [2.75, 3.05) is 33.7 Å². The van der Waals surface area contributed by atoms with E-state index in [-0.39, 0.29) is 65.1 Å². The maximum atomic E-state index is 14.7. The summed E-state index contributed by atoms with van der Waals surface area (Å²) in [6, 6.07) is 7.80. The first kappa shape index (κ1) is 53.7. The van der Waals surface area contributed by atoms with Gasteiger partial charge in [0, 0.05) is 48.5 Å². The van der Waals surface area contributed by atoms with Gasteiger partial charge in [-0.15, -0.1) is 0 Å². The quantitative estimate of drug-likeness (QED) is 0.144. The summed E-state index contributed by atoms with van der Waals surface area (Å²) in [6.45, 7) is 24.6. The number of benzene rings is 1. The molecule has 0 aliphatic heterocycles. The van der Waals surface area contributed by atoms with Crippen LogP contribution in [-0.4, -0.2) is 95.6 Å². The number of aliphatic carboxylic acids is 2. The maximum Gasteiger partial charge on any atom is 0.309 e. The van der Waals surface area contributed by atoms with Crippen molar-refractivity contribution in [1.29, 1.82) is 0 Å². The van der Waals surface area contributed by atoms with E-state index in [4.69, 9.17) is 21.1 Å². The highest BCUT2D eigenvalue weighted by atomic mass is 35.5. The molecule has 4 aliphatic rings. The third kappa shape index (κ3) is 11.3. The summed E-state index contributed by atoms with van der Waals surface area (Å²) in [4.78, 5) is 70.8. The number of esters is 2. The van der Waals surface area contributed by atoms with E-state index < -0.39 is 46.2 Å². The van der Waals surface area contributed by atoms with E-state index in [1.807, 2.05) is 38.4 Å². The van der Waals surface area contributed by atoms with Gasteiger partial charge in [0.2, 0.25) is 0 Å². The normalized spacial score (nSPS) is 29.8. The number of allylic oxidation sites excluding steroid dienone is 1. The molecule has 8 unspecified atom stereocenters. The average molecular weight is 940 g/mol. The van der Waals surface area contributed by atoms with Gasteiger partial charge in [-0.1, -0.05) is 77.8 Å². The van der Waals surface area contributed by atoms with Crippen molar-refractivity contribution >= 4 is 41.3 Å². The van der Waals surface area contributed by atoms with Crippen molar-refractivity contribution in [3.8, 4) is 0 Å². The summed E-state index contributed by atoms with van der Waals surface area (Å²) >= 11 is 6.31. The minimum Gasteiger partial charge on any atom is -0.481 e. The Labute approximate surface area is 401 Å². The lowest BCUT2D eigenvalue weighted by Gasteiger charge is -2.65. The van der Waals surface area contributed by atoms with Crippen LogP contribution in [0.5, 0.6) is 0 Å². The van der Waals surface area contributed by atoms with E-state index in [1.165, 1.54) is 0 Å². The largest absolute Gasteiger partial charge is 0.481 e. The van der Waals surface area contributed by atoms with Crippen LogP contribution in [0.3, 0.4) is 0 Å². The Bertz CT molecular complexity index is 1990. The molecule has 1 aromatic rings. The van der Waals surface area contributed by atoms with Crippen molar-refractivity contribution in [3.63, 3.8) is 0 Å². The van der Waals surface area contributed by atoms with E-state index in [9.17, 15) is 34.2 Å². The molecule has 12 heteroatoms. The van der Waals surface area contributed by atoms with Gasteiger partial charge >= 0.3 is 23.9 Å². The summed E-state index contributed by atoms with van der Waals surface area (Å²) in [5.74, 6) is -2.12. The number of halogens is 1. The topological polar surface area (TPSA) is 151 Å². The van der Waals surface area contributed by atoms with Crippen LogP contribution in [-0.2, 0) is 40.0 Å². The van der Waals surface area contributed by atoms with E-state index >= 15 is 0 Å². The molecule has 5 rings (SSSR count). The van der Waals surface area contributed by atoms with Gasteiger partial charge in [-0.25, -0.2) is 0 Å². The fourth-order valence-electron chi connectivity index (χ4n) is 13.3. The van der Waals surface area contributed by atoms with Gasteiger partial charge < -0.3 is 24.6 Å². The predicted octanol–water partition coefficient (Wildman–Crippen LogP) is 10.9. The number of carboxylic acids is 2. The third-order valence-corrected chi connectivity index (χ3v) is 17.7. The fourth-order valence-corrected chi connectivity index (χ4v) is 13.4. The van der Waals surface area contributed by atoms with Gasteiger partial charge in [0.15, 0.2) is 5.78 Å². The molecule has 0 saturated heterocycles. The van der Waals surface area contributed by atoms with Crippen LogP contribution in [0.4, 0.5) is 0 Å². The lowest BCUT2D eigenvalue weighted by Crippen LogP contribution is -2.60. The number of likely N-dealkylation sites (N-methyl/N-ethyl adjacent to an activating group) is 1. The number of Topliss-reactive ketones (excluding diaryl/α,β-unsaturated/α-hetero) is 1. The first-order chi connectivity index (χ1) is 30.5. The van der Waals surface area contributed by atoms with E-state index in [0.717, 1.165) is 61.8 Å². The molecule has 2 N–H and O–H groups in total. The Morgan fingerprint density at radius 2 is 1.41 bits per heavy atom. The van der Waals surface area contributed by atoms with Crippen LogP contribution in [0.15, 0.2) is 35.4 Å². The van der Waals surface area contributed by atoms with Gasteiger partial charge in [0.05, 0.1) is 23.7 Å². The van der Waals surface area contributed by atoms with Crippen LogP contribution in [0.2, 0.25) is 5.02 Å². The molecule has 0 radical (unpaired) electrons. The number of carboxylic acid groups (broad SMARTS) is 2. The van der Waals surface area contributed by atoms with Crippen molar-refractivity contribution in [3.05, 3.63) is 46.0 Å². The first-order valence-electron chi connectivity index (χ1n) is 24.7. The molecule has 0 amide bonds. The SMILES string of the molecule is CC(C)C1=C2CCCC3C(C)(CCC4C(C)(C)C(OC(=O)CC(C)(C)C(=O)O)CCC43C)C(C)CCC2(C(CN(CCN(C)C)Cc2ccc(Cl)cc2)OC(=O)CC(C)(C)C(=O)O)CC1=O. The molecule has 66 heavy (non-hydrogen) atoms. The van der Waals surface area contributed by atoms with Crippen LogP contribution >= 0.6 is 11.6 Å². The minimum absolute atomic E-state index is 0.0300. The third-order valence-electron chi connectivity index (χ3n) is 17.5. The highest BCUT2D eigenvalue weighted by Crippen LogP contribution is 2.68. The highest BCUT2D eigenvalue weighted by molar-refractivity contribution is 6.30. The molecular weight excluding hydrogens is 856 g/mol. The van der Waals surface area contributed by atoms with Gasteiger partial charge in [-0.2, -0.15) is 0 Å². The number of hydrogen-bond donors (Lipinski definition) is 2. The van der Waals surface area contributed by atoms with Crippen LogP contribution in [0, 0.1) is 56.2 Å².